The molecule has 0 bridgehead atoms. The van der Waals surface area contributed by atoms with Crippen LogP contribution in [0.15, 0.2) is 12.8 Å². The summed E-state index contributed by atoms with van der Waals surface area (Å²) in [6.45, 7) is 10.2. The molecule has 0 amide bonds. The van der Waals surface area contributed by atoms with E-state index in [-0.39, 0.29) is 5.41 Å². The van der Waals surface area contributed by atoms with Gasteiger partial charge < -0.3 is 5.11 Å². The normalized spacial score (nSPS) is 28.0. The smallest absolute Gasteiger partial charge is 0.364 e. The van der Waals surface area contributed by atoms with Crippen LogP contribution in [0.4, 0.5) is 0 Å². The zero-order valence-electron chi connectivity index (χ0n) is 10.1. The third kappa shape index (κ3) is 9.07. The Balaban J connectivity index is 0.000000437. The molecule has 0 aliphatic carbocycles. The molecule has 1 heterocycles. The SMILES string of the molecule is C=CN1CC(C)(C)CC(C)(O)O1.O=S(=O)(O)O. The van der Waals surface area contributed by atoms with E-state index in [0.717, 1.165) is 6.54 Å². The molecule has 3 N–H and O–H groups in total. The van der Waals surface area contributed by atoms with Crippen LogP contribution in [0.2, 0.25) is 0 Å². The number of hydrogen-bond acceptors (Lipinski definition) is 5. The summed E-state index contributed by atoms with van der Waals surface area (Å²) in [6.07, 6.45) is 2.24. The quantitative estimate of drug-likeness (QED) is 0.606. The number of nitrogens with zero attached hydrogens (tertiary/aromatic N) is 1. The minimum atomic E-state index is -4.67. The van der Waals surface area contributed by atoms with Gasteiger partial charge in [0.1, 0.15) is 0 Å². The van der Waals surface area contributed by atoms with E-state index >= 15 is 0 Å². The van der Waals surface area contributed by atoms with E-state index in [1.54, 1.807) is 18.2 Å². The van der Waals surface area contributed by atoms with E-state index in [1.807, 2.05) is 0 Å². The summed E-state index contributed by atoms with van der Waals surface area (Å²) in [7, 11) is -4.67. The van der Waals surface area contributed by atoms with Gasteiger partial charge in [-0.1, -0.05) is 20.4 Å². The zero-order valence-corrected chi connectivity index (χ0v) is 10.9. The number of hydroxylamine groups is 2. The van der Waals surface area contributed by atoms with E-state index in [1.165, 1.54) is 0 Å². The van der Waals surface area contributed by atoms with Crippen LogP contribution in [-0.2, 0) is 15.2 Å². The van der Waals surface area contributed by atoms with Crippen LogP contribution in [-0.4, -0.2) is 40.0 Å². The van der Waals surface area contributed by atoms with Crippen LogP contribution in [0.5, 0.6) is 0 Å². The standard InChI is InChI=1S/C9H17NO2.H2O4S/c1-5-10-7-8(2,3)6-9(4,11)12-10;1-5(2,3)4/h5,11H,1,6-7H2,2-4H3;(H2,1,2,3,4). The average Bonchev–Trinajstić information content (AvgIpc) is 1.94. The molecule has 0 saturated carbocycles. The Morgan fingerprint density at radius 3 is 2.06 bits per heavy atom. The molecule has 1 aliphatic rings. The third-order valence-electron chi connectivity index (χ3n) is 1.91. The predicted octanol–water partition coefficient (Wildman–Crippen LogP) is 0.849. The Labute approximate surface area is 101 Å². The first-order chi connectivity index (χ1) is 7.35. The van der Waals surface area contributed by atoms with Crippen LogP contribution in [0.1, 0.15) is 27.2 Å². The topological polar surface area (TPSA) is 107 Å². The van der Waals surface area contributed by atoms with Crippen molar-refractivity contribution in [3.63, 3.8) is 0 Å². The lowest BCUT2D eigenvalue weighted by atomic mass is 9.84. The van der Waals surface area contributed by atoms with Gasteiger partial charge in [-0.2, -0.15) is 8.42 Å². The Hall–Kier alpha value is -0.670. The molecule has 1 saturated heterocycles. The van der Waals surface area contributed by atoms with Gasteiger partial charge in [0, 0.05) is 12.6 Å². The van der Waals surface area contributed by atoms with E-state index in [4.69, 9.17) is 22.4 Å². The molecular formula is C9H19NO6S. The van der Waals surface area contributed by atoms with Gasteiger partial charge in [-0.15, -0.1) is 0 Å². The second-order valence-corrected chi connectivity index (χ2v) is 5.71. The number of aliphatic hydroxyl groups is 1. The van der Waals surface area contributed by atoms with Gasteiger partial charge in [0.25, 0.3) is 0 Å². The first-order valence-electron chi connectivity index (χ1n) is 4.85. The van der Waals surface area contributed by atoms with Crippen LogP contribution in [0.3, 0.4) is 0 Å². The molecule has 0 spiro atoms. The molecule has 102 valence electrons. The molecule has 0 aromatic carbocycles. The Bertz CT molecular complexity index is 338. The summed E-state index contributed by atoms with van der Waals surface area (Å²) in [4.78, 5) is 5.23. The van der Waals surface area contributed by atoms with Crippen molar-refractivity contribution in [1.29, 1.82) is 0 Å². The highest BCUT2D eigenvalue weighted by molar-refractivity contribution is 7.79. The second kappa shape index (κ2) is 5.32. The molecule has 1 atom stereocenters. The molecule has 0 aromatic heterocycles. The number of hydrogen-bond donors (Lipinski definition) is 3. The molecule has 0 aromatic rings. The lowest BCUT2D eigenvalue weighted by Gasteiger charge is -2.44. The second-order valence-electron chi connectivity index (χ2n) is 4.81. The fourth-order valence-corrected chi connectivity index (χ4v) is 1.78. The van der Waals surface area contributed by atoms with Crippen molar-refractivity contribution in [3.8, 4) is 0 Å². The molecule has 17 heavy (non-hydrogen) atoms. The van der Waals surface area contributed by atoms with Crippen molar-refractivity contribution in [2.45, 2.75) is 33.0 Å². The summed E-state index contributed by atoms with van der Waals surface area (Å²) >= 11 is 0. The summed E-state index contributed by atoms with van der Waals surface area (Å²) in [5, 5.41) is 11.3. The van der Waals surface area contributed by atoms with Crippen molar-refractivity contribution >= 4 is 10.4 Å². The van der Waals surface area contributed by atoms with Gasteiger partial charge in [-0.25, -0.2) is 4.84 Å². The fraction of sp³-hybridized carbons (Fsp3) is 0.778. The molecule has 0 radical (unpaired) electrons. The van der Waals surface area contributed by atoms with E-state index < -0.39 is 16.2 Å². The van der Waals surface area contributed by atoms with Crippen molar-refractivity contribution in [2.24, 2.45) is 5.41 Å². The van der Waals surface area contributed by atoms with E-state index in [9.17, 15) is 5.11 Å². The first-order valence-corrected chi connectivity index (χ1v) is 6.25. The Morgan fingerprint density at radius 1 is 1.35 bits per heavy atom. The Kier molecular flexibility index (Phi) is 5.11. The van der Waals surface area contributed by atoms with Gasteiger partial charge in [-0.3, -0.25) is 14.2 Å². The largest absolute Gasteiger partial charge is 0.394 e. The summed E-state index contributed by atoms with van der Waals surface area (Å²) in [5.41, 5.74) is 0.0654. The van der Waals surface area contributed by atoms with E-state index in [0.29, 0.717) is 6.42 Å². The van der Waals surface area contributed by atoms with Crippen LogP contribution in [0, 0.1) is 5.41 Å². The first kappa shape index (κ1) is 16.3. The number of rotatable bonds is 1. The molecule has 1 rings (SSSR count). The van der Waals surface area contributed by atoms with Gasteiger partial charge in [0.2, 0.25) is 0 Å². The monoisotopic (exact) mass is 269 g/mol. The van der Waals surface area contributed by atoms with Crippen molar-refractivity contribution in [2.75, 3.05) is 6.54 Å². The van der Waals surface area contributed by atoms with Gasteiger partial charge in [-0.05, 0) is 12.3 Å². The van der Waals surface area contributed by atoms with Gasteiger partial charge in [0.05, 0.1) is 6.54 Å². The lowest BCUT2D eigenvalue weighted by molar-refractivity contribution is -0.346. The molecule has 8 heteroatoms. The average molecular weight is 269 g/mol. The molecule has 1 fully saturated rings. The maximum atomic E-state index is 9.70. The minimum absolute atomic E-state index is 0.0654. The Morgan fingerprint density at radius 2 is 1.76 bits per heavy atom. The molecule has 7 nitrogen and oxygen atoms in total. The maximum Gasteiger partial charge on any atom is 0.394 e. The lowest BCUT2D eigenvalue weighted by Crippen LogP contribution is -2.49. The van der Waals surface area contributed by atoms with Gasteiger partial charge in [0.15, 0.2) is 5.79 Å². The zero-order chi connectivity index (χ0) is 13.9. The maximum absolute atomic E-state index is 9.70. The third-order valence-corrected chi connectivity index (χ3v) is 1.91. The highest BCUT2D eigenvalue weighted by Crippen LogP contribution is 2.35. The summed E-state index contributed by atoms with van der Waals surface area (Å²) < 4.78 is 31.6. The minimum Gasteiger partial charge on any atom is -0.364 e. The van der Waals surface area contributed by atoms with Crippen LogP contribution >= 0.6 is 0 Å². The highest BCUT2D eigenvalue weighted by Gasteiger charge is 2.39. The summed E-state index contributed by atoms with van der Waals surface area (Å²) in [5.74, 6) is -1.06. The van der Waals surface area contributed by atoms with Crippen molar-refractivity contribution in [1.82, 2.24) is 5.06 Å². The summed E-state index contributed by atoms with van der Waals surface area (Å²) in [6, 6.07) is 0. The molecular weight excluding hydrogens is 250 g/mol. The van der Waals surface area contributed by atoms with Crippen LogP contribution in [0.25, 0.3) is 0 Å². The fourth-order valence-electron chi connectivity index (χ4n) is 1.78. The predicted molar refractivity (Wildman–Crippen MR) is 61.2 cm³/mol. The van der Waals surface area contributed by atoms with Crippen molar-refractivity contribution < 1.29 is 27.5 Å². The van der Waals surface area contributed by atoms with Crippen LogP contribution < -0.4 is 0 Å². The molecule has 1 unspecified atom stereocenters. The van der Waals surface area contributed by atoms with Crippen molar-refractivity contribution in [3.05, 3.63) is 12.8 Å². The molecule has 1 aliphatic heterocycles. The highest BCUT2D eigenvalue weighted by atomic mass is 32.3. The van der Waals surface area contributed by atoms with Gasteiger partial charge >= 0.3 is 10.4 Å². The van der Waals surface area contributed by atoms with E-state index in [2.05, 4.69) is 20.4 Å².